The molecular formula is C15H22BrNO4. The highest BCUT2D eigenvalue weighted by Gasteiger charge is 2.22. The van der Waals surface area contributed by atoms with Crippen LogP contribution in [0.25, 0.3) is 0 Å². The standard InChI is InChI=1S/C15H22BrNO4/c1-9(2)13(15(18)21-5)17-8-10-6-11(16)14(20-4)12(7-10)19-3/h6-7,9,13,17H,8H2,1-5H3/t13-/m0/s1. The summed E-state index contributed by atoms with van der Waals surface area (Å²) in [5, 5.41) is 3.21. The van der Waals surface area contributed by atoms with Crippen LogP contribution >= 0.6 is 15.9 Å². The Morgan fingerprint density at radius 2 is 1.90 bits per heavy atom. The number of nitrogens with one attached hydrogen (secondary N) is 1. The normalized spacial score (nSPS) is 12.1. The van der Waals surface area contributed by atoms with Crippen LogP contribution in [0, 0.1) is 5.92 Å². The third-order valence-electron chi connectivity index (χ3n) is 3.14. The van der Waals surface area contributed by atoms with Crippen molar-refractivity contribution >= 4 is 21.9 Å². The number of carbonyl (C=O) groups excluding carboxylic acids is 1. The smallest absolute Gasteiger partial charge is 0.323 e. The fourth-order valence-corrected chi connectivity index (χ4v) is 2.67. The van der Waals surface area contributed by atoms with Crippen LogP contribution in [-0.4, -0.2) is 33.3 Å². The number of benzene rings is 1. The van der Waals surface area contributed by atoms with E-state index in [1.807, 2.05) is 26.0 Å². The van der Waals surface area contributed by atoms with Crippen LogP contribution in [0.15, 0.2) is 16.6 Å². The van der Waals surface area contributed by atoms with Gasteiger partial charge in [-0.1, -0.05) is 13.8 Å². The molecular weight excluding hydrogens is 338 g/mol. The first-order valence-corrected chi connectivity index (χ1v) is 7.45. The number of halogens is 1. The van der Waals surface area contributed by atoms with Gasteiger partial charge >= 0.3 is 5.97 Å². The van der Waals surface area contributed by atoms with Gasteiger partial charge in [0, 0.05) is 6.54 Å². The molecule has 0 radical (unpaired) electrons. The minimum atomic E-state index is -0.345. The lowest BCUT2D eigenvalue weighted by Crippen LogP contribution is -2.41. The van der Waals surface area contributed by atoms with Crippen molar-refractivity contribution in [2.75, 3.05) is 21.3 Å². The first-order valence-electron chi connectivity index (χ1n) is 6.66. The van der Waals surface area contributed by atoms with Crippen LogP contribution in [0.5, 0.6) is 11.5 Å². The molecule has 0 saturated carbocycles. The van der Waals surface area contributed by atoms with Gasteiger partial charge in [0.15, 0.2) is 11.5 Å². The van der Waals surface area contributed by atoms with Crippen molar-refractivity contribution in [1.82, 2.24) is 5.32 Å². The van der Waals surface area contributed by atoms with Crippen LogP contribution in [-0.2, 0) is 16.1 Å². The van der Waals surface area contributed by atoms with Crippen LogP contribution in [0.1, 0.15) is 19.4 Å². The molecule has 0 spiro atoms. The van der Waals surface area contributed by atoms with Gasteiger partial charge in [0.05, 0.1) is 25.8 Å². The van der Waals surface area contributed by atoms with Crippen molar-refractivity contribution < 1.29 is 19.0 Å². The highest BCUT2D eigenvalue weighted by atomic mass is 79.9. The Labute approximate surface area is 134 Å². The van der Waals surface area contributed by atoms with Gasteiger partial charge in [0.2, 0.25) is 0 Å². The first-order chi connectivity index (χ1) is 9.94. The minimum absolute atomic E-state index is 0.140. The highest BCUT2D eigenvalue weighted by Crippen LogP contribution is 2.36. The zero-order valence-corrected chi connectivity index (χ0v) is 14.6. The number of ether oxygens (including phenoxy) is 3. The Morgan fingerprint density at radius 3 is 2.38 bits per heavy atom. The summed E-state index contributed by atoms with van der Waals surface area (Å²) in [6.07, 6.45) is 0. The molecule has 6 heteroatoms. The molecule has 0 amide bonds. The molecule has 0 aliphatic heterocycles. The van der Waals surface area contributed by atoms with Crippen LogP contribution in [0.2, 0.25) is 0 Å². The van der Waals surface area contributed by atoms with E-state index in [0.717, 1.165) is 10.0 Å². The zero-order chi connectivity index (χ0) is 16.0. The molecule has 0 aromatic heterocycles. The zero-order valence-electron chi connectivity index (χ0n) is 13.0. The second-order valence-corrected chi connectivity index (χ2v) is 5.79. The number of methoxy groups -OCH3 is 3. The third-order valence-corrected chi connectivity index (χ3v) is 3.73. The largest absolute Gasteiger partial charge is 0.493 e. The monoisotopic (exact) mass is 359 g/mol. The van der Waals surface area contributed by atoms with Gasteiger partial charge in [-0.25, -0.2) is 0 Å². The molecule has 0 unspecified atom stereocenters. The summed E-state index contributed by atoms with van der Waals surface area (Å²) < 4.78 is 16.2. The van der Waals surface area contributed by atoms with E-state index < -0.39 is 0 Å². The molecule has 118 valence electrons. The maximum absolute atomic E-state index is 11.7. The van der Waals surface area contributed by atoms with Crippen LogP contribution in [0.3, 0.4) is 0 Å². The summed E-state index contributed by atoms with van der Waals surface area (Å²) in [5.41, 5.74) is 0.981. The summed E-state index contributed by atoms with van der Waals surface area (Å²) in [6.45, 7) is 4.47. The van der Waals surface area contributed by atoms with E-state index in [4.69, 9.17) is 14.2 Å². The molecule has 0 aliphatic carbocycles. The molecule has 1 rings (SSSR count). The van der Waals surface area contributed by atoms with E-state index in [0.29, 0.717) is 18.0 Å². The van der Waals surface area contributed by atoms with Gasteiger partial charge in [-0.05, 0) is 39.5 Å². The van der Waals surface area contributed by atoms with E-state index in [1.54, 1.807) is 14.2 Å². The van der Waals surface area contributed by atoms with E-state index >= 15 is 0 Å². The number of hydrogen-bond acceptors (Lipinski definition) is 5. The average molecular weight is 360 g/mol. The van der Waals surface area contributed by atoms with Crippen LogP contribution in [0.4, 0.5) is 0 Å². The Kier molecular flexibility index (Phi) is 6.98. The Bertz CT molecular complexity index is 491. The van der Waals surface area contributed by atoms with Crippen LogP contribution < -0.4 is 14.8 Å². The predicted molar refractivity (Wildman–Crippen MR) is 84.7 cm³/mol. The molecule has 0 heterocycles. The lowest BCUT2D eigenvalue weighted by molar-refractivity contribution is -0.144. The lowest BCUT2D eigenvalue weighted by atomic mass is 10.0. The van der Waals surface area contributed by atoms with E-state index in [2.05, 4.69) is 21.2 Å². The average Bonchev–Trinajstić information content (AvgIpc) is 2.45. The topological polar surface area (TPSA) is 56.8 Å². The SMILES string of the molecule is COC(=O)[C@@H](NCc1cc(Br)c(OC)c(OC)c1)C(C)C. The number of esters is 1. The Hall–Kier alpha value is -1.27. The fraction of sp³-hybridized carbons (Fsp3) is 0.533. The molecule has 1 N–H and O–H groups in total. The molecule has 1 aromatic carbocycles. The summed E-state index contributed by atoms with van der Waals surface area (Å²) in [6, 6.07) is 3.47. The molecule has 1 aromatic rings. The second kappa shape index (κ2) is 8.24. The van der Waals surface area contributed by atoms with Crippen molar-refractivity contribution in [3.63, 3.8) is 0 Å². The fourth-order valence-electron chi connectivity index (χ4n) is 2.02. The number of hydrogen-bond donors (Lipinski definition) is 1. The molecule has 21 heavy (non-hydrogen) atoms. The Balaban J connectivity index is 2.88. The molecule has 0 bridgehead atoms. The number of rotatable bonds is 7. The van der Waals surface area contributed by atoms with Gasteiger partial charge < -0.3 is 19.5 Å². The number of carbonyl (C=O) groups is 1. The van der Waals surface area contributed by atoms with Crippen molar-refractivity contribution in [2.45, 2.75) is 26.4 Å². The summed E-state index contributed by atoms with van der Waals surface area (Å²) >= 11 is 3.45. The van der Waals surface area contributed by atoms with Crippen molar-refractivity contribution in [1.29, 1.82) is 0 Å². The van der Waals surface area contributed by atoms with Crippen molar-refractivity contribution in [3.8, 4) is 11.5 Å². The molecule has 1 atom stereocenters. The maximum atomic E-state index is 11.7. The Morgan fingerprint density at radius 1 is 1.24 bits per heavy atom. The first kappa shape index (κ1) is 17.8. The maximum Gasteiger partial charge on any atom is 0.323 e. The van der Waals surface area contributed by atoms with Gasteiger partial charge in [-0.15, -0.1) is 0 Å². The summed E-state index contributed by atoms with van der Waals surface area (Å²) in [7, 11) is 4.58. The quantitative estimate of drug-likeness (QED) is 0.758. The lowest BCUT2D eigenvalue weighted by Gasteiger charge is -2.20. The van der Waals surface area contributed by atoms with E-state index in [1.165, 1.54) is 7.11 Å². The summed E-state index contributed by atoms with van der Waals surface area (Å²) in [5.74, 6) is 1.17. The van der Waals surface area contributed by atoms with Gasteiger partial charge in [0.25, 0.3) is 0 Å². The predicted octanol–water partition coefficient (Wildman–Crippen LogP) is 2.75. The molecule has 5 nitrogen and oxygen atoms in total. The van der Waals surface area contributed by atoms with E-state index in [-0.39, 0.29) is 17.9 Å². The van der Waals surface area contributed by atoms with Gasteiger partial charge in [-0.3, -0.25) is 4.79 Å². The van der Waals surface area contributed by atoms with Crippen molar-refractivity contribution in [3.05, 3.63) is 22.2 Å². The minimum Gasteiger partial charge on any atom is -0.493 e. The molecule has 0 fully saturated rings. The van der Waals surface area contributed by atoms with E-state index in [9.17, 15) is 4.79 Å². The van der Waals surface area contributed by atoms with Crippen molar-refractivity contribution in [2.24, 2.45) is 5.92 Å². The van der Waals surface area contributed by atoms with Gasteiger partial charge in [-0.2, -0.15) is 0 Å². The molecule has 0 saturated heterocycles. The summed E-state index contributed by atoms with van der Waals surface area (Å²) in [4.78, 5) is 11.7. The highest BCUT2D eigenvalue weighted by molar-refractivity contribution is 9.10. The third kappa shape index (κ3) is 4.61. The molecule has 0 aliphatic rings. The second-order valence-electron chi connectivity index (χ2n) is 4.94. The van der Waals surface area contributed by atoms with Gasteiger partial charge in [0.1, 0.15) is 6.04 Å².